The number of rotatable bonds is 3. The van der Waals surface area contributed by atoms with Gasteiger partial charge in [0.2, 0.25) is 0 Å². The van der Waals surface area contributed by atoms with E-state index >= 15 is 0 Å². The molecule has 38 heavy (non-hydrogen) atoms. The van der Waals surface area contributed by atoms with Crippen LogP contribution in [0.4, 0.5) is 0 Å². The molecule has 2 heterocycles. The lowest BCUT2D eigenvalue weighted by atomic mass is 9.44. The maximum absolute atomic E-state index is 12.4. The lowest BCUT2D eigenvalue weighted by Gasteiger charge is -2.62. The van der Waals surface area contributed by atoms with Crippen molar-refractivity contribution in [2.24, 2.45) is 34.5 Å². The molecule has 6 rings (SSSR count). The van der Waals surface area contributed by atoms with E-state index < -0.39 is 0 Å². The molecule has 0 aromatic carbocycles. The Morgan fingerprint density at radius 1 is 0.921 bits per heavy atom. The highest BCUT2D eigenvalue weighted by Gasteiger charge is 2.67. The van der Waals surface area contributed by atoms with Gasteiger partial charge in [0, 0.05) is 37.9 Å². The lowest BCUT2D eigenvalue weighted by Crippen LogP contribution is -2.61. The number of hydrogen-bond donors (Lipinski definition) is 2. The molecule has 2 saturated heterocycles. The summed E-state index contributed by atoms with van der Waals surface area (Å²) in [4.78, 5) is 14.9. The van der Waals surface area contributed by atoms with Gasteiger partial charge in [0.15, 0.2) is 6.10 Å². The summed E-state index contributed by atoms with van der Waals surface area (Å²) in [6.07, 6.45) is 13.4. The van der Waals surface area contributed by atoms with Crippen LogP contribution in [0, 0.1) is 34.5 Å². The Kier molecular flexibility index (Phi) is 7.23. The average Bonchev–Trinajstić information content (AvgIpc) is 3.18. The second kappa shape index (κ2) is 9.99. The van der Waals surface area contributed by atoms with Crippen LogP contribution in [0.5, 0.6) is 0 Å². The predicted octanol–water partition coefficient (Wildman–Crippen LogP) is 4.37. The van der Waals surface area contributed by atoms with Crippen molar-refractivity contribution in [3.8, 4) is 0 Å². The summed E-state index contributed by atoms with van der Waals surface area (Å²) in [5, 5.41) is 21.4. The number of aliphatic hydroxyl groups is 2. The molecule has 5 unspecified atom stereocenters. The highest BCUT2D eigenvalue weighted by Crippen LogP contribution is 2.67. The van der Waals surface area contributed by atoms with Gasteiger partial charge in [0.05, 0.1) is 32.3 Å². The quantitative estimate of drug-likeness (QED) is 0.418. The van der Waals surface area contributed by atoms with Crippen LogP contribution in [0.3, 0.4) is 0 Å². The second-order valence-corrected chi connectivity index (χ2v) is 15.4. The topological polar surface area (TPSA) is 70.0 Å². The fourth-order valence-corrected chi connectivity index (χ4v) is 11.4. The van der Waals surface area contributed by atoms with Gasteiger partial charge in [-0.1, -0.05) is 13.8 Å². The summed E-state index contributed by atoms with van der Waals surface area (Å²) in [5.41, 5.74) is 0.346. The maximum Gasteiger partial charge on any atom is 0.303 e. The van der Waals surface area contributed by atoms with Gasteiger partial charge in [-0.25, -0.2) is 0 Å². The molecular formula is C32H55N2O4+. The van der Waals surface area contributed by atoms with Crippen LogP contribution in [0.2, 0.25) is 0 Å². The Labute approximate surface area is 231 Å². The van der Waals surface area contributed by atoms with Crippen LogP contribution >= 0.6 is 0 Å². The van der Waals surface area contributed by atoms with E-state index in [1.165, 1.54) is 64.5 Å². The third-order valence-corrected chi connectivity index (χ3v) is 13.5. The van der Waals surface area contributed by atoms with Crippen molar-refractivity contribution in [2.75, 3.05) is 33.2 Å². The van der Waals surface area contributed by atoms with Crippen molar-refractivity contribution < 1.29 is 24.2 Å². The largest absolute Gasteiger partial charge is 0.456 e. The zero-order valence-corrected chi connectivity index (χ0v) is 24.6. The maximum atomic E-state index is 12.4. The monoisotopic (exact) mass is 531 g/mol. The van der Waals surface area contributed by atoms with Gasteiger partial charge in [0.1, 0.15) is 6.04 Å². The minimum atomic E-state index is -0.235. The number of fused-ring (bicyclic) bond motifs is 5. The third-order valence-electron chi connectivity index (χ3n) is 13.5. The van der Waals surface area contributed by atoms with E-state index in [0.29, 0.717) is 29.7 Å². The summed E-state index contributed by atoms with van der Waals surface area (Å²) in [7, 11) is 2.46. The van der Waals surface area contributed by atoms with E-state index in [0.717, 1.165) is 43.3 Å². The number of piperidine rings is 2. The molecule has 0 aromatic rings. The molecular weight excluding hydrogens is 476 g/mol. The Hall–Kier alpha value is -0.690. The summed E-state index contributed by atoms with van der Waals surface area (Å²) < 4.78 is 7.42. The molecule has 4 aliphatic carbocycles. The number of likely N-dealkylation sites (N-methyl/N-ethyl adjacent to an activating group) is 1. The first-order valence-corrected chi connectivity index (χ1v) is 16.2. The number of quaternary nitrogens is 1. The fraction of sp³-hybridized carbons (Fsp3) is 0.969. The van der Waals surface area contributed by atoms with Gasteiger partial charge in [-0.15, -0.1) is 0 Å². The lowest BCUT2D eigenvalue weighted by molar-refractivity contribution is -0.940. The van der Waals surface area contributed by atoms with Crippen molar-refractivity contribution >= 4 is 5.97 Å². The number of ether oxygens (including phenoxy) is 1. The van der Waals surface area contributed by atoms with Crippen molar-refractivity contribution in [1.82, 2.24) is 4.90 Å². The zero-order chi connectivity index (χ0) is 26.9. The molecule has 6 aliphatic rings. The standard InChI is InChI=1S/C32H55N2O4/c1-21(35)38-30-28(34(4)16-6-5-7-17-34)19-26-24-9-8-22-18-29(37)27(33-14-11-23(36)12-15-33)20-32(22,3)25(24)10-13-31(26,30)2/h22-30,36-37H,5-20H2,1-4H3/q+1/t22?,24-,25-,26+,27?,28?,29?,30?,31+,32+/m1/s1. The van der Waals surface area contributed by atoms with Gasteiger partial charge in [0.25, 0.3) is 0 Å². The highest BCUT2D eigenvalue weighted by atomic mass is 16.5. The van der Waals surface area contributed by atoms with Gasteiger partial charge >= 0.3 is 5.97 Å². The van der Waals surface area contributed by atoms with Crippen LogP contribution in [0.1, 0.15) is 97.8 Å². The average molecular weight is 532 g/mol. The van der Waals surface area contributed by atoms with E-state index in [2.05, 4.69) is 25.8 Å². The minimum absolute atomic E-state index is 0.0419. The smallest absolute Gasteiger partial charge is 0.303 e. The number of carbonyl (C=O) groups excluding carboxylic acids is 1. The molecule has 6 heteroatoms. The Morgan fingerprint density at radius 2 is 1.63 bits per heavy atom. The summed E-state index contributed by atoms with van der Waals surface area (Å²) in [5.74, 6) is 2.55. The van der Waals surface area contributed by atoms with Gasteiger partial charge < -0.3 is 19.4 Å². The first-order chi connectivity index (χ1) is 18.0. The highest BCUT2D eigenvalue weighted by molar-refractivity contribution is 5.66. The fourth-order valence-electron chi connectivity index (χ4n) is 11.4. The Bertz CT molecular complexity index is 883. The van der Waals surface area contributed by atoms with Gasteiger partial charge in [-0.05, 0) is 99.7 Å². The molecule has 216 valence electrons. The van der Waals surface area contributed by atoms with Crippen molar-refractivity contribution in [3.63, 3.8) is 0 Å². The third kappa shape index (κ3) is 4.39. The molecule has 6 nitrogen and oxygen atoms in total. The van der Waals surface area contributed by atoms with Crippen LogP contribution in [-0.2, 0) is 9.53 Å². The molecule has 0 spiro atoms. The van der Waals surface area contributed by atoms with Gasteiger partial charge in [-0.3, -0.25) is 9.69 Å². The Morgan fingerprint density at radius 3 is 2.32 bits per heavy atom. The second-order valence-electron chi connectivity index (χ2n) is 15.4. The van der Waals surface area contributed by atoms with Crippen LogP contribution in [0.15, 0.2) is 0 Å². The normalized spacial score (nSPS) is 49.5. The van der Waals surface area contributed by atoms with Crippen LogP contribution in [0.25, 0.3) is 0 Å². The van der Waals surface area contributed by atoms with E-state index in [1.807, 2.05) is 0 Å². The first kappa shape index (κ1) is 27.5. The first-order valence-electron chi connectivity index (χ1n) is 16.2. The molecule has 0 bridgehead atoms. The van der Waals surface area contributed by atoms with E-state index in [4.69, 9.17) is 4.74 Å². The molecule has 10 atom stereocenters. The summed E-state index contributed by atoms with van der Waals surface area (Å²) >= 11 is 0. The minimum Gasteiger partial charge on any atom is -0.456 e. The molecule has 4 saturated carbocycles. The molecule has 0 aromatic heterocycles. The number of aliphatic hydroxyl groups excluding tert-OH is 2. The number of hydrogen-bond acceptors (Lipinski definition) is 5. The SMILES string of the molecule is CC(=O)OC1C([N+]2(C)CCCCC2)C[C@H]2[C@@H]3CCC4CC(O)C(N5CCC(O)CC5)C[C@]4(C)[C@@H]3CC[C@]12C. The van der Waals surface area contributed by atoms with Crippen LogP contribution in [-0.4, -0.2) is 89.2 Å². The zero-order valence-electron chi connectivity index (χ0n) is 24.6. The van der Waals surface area contributed by atoms with E-state index in [1.54, 1.807) is 6.92 Å². The molecule has 2 N–H and O–H groups in total. The molecule has 2 aliphatic heterocycles. The van der Waals surface area contributed by atoms with Crippen molar-refractivity contribution in [1.29, 1.82) is 0 Å². The number of carbonyl (C=O) groups is 1. The predicted molar refractivity (Wildman–Crippen MR) is 148 cm³/mol. The van der Waals surface area contributed by atoms with Crippen LogP contribution < -0.4 is 0 Å². The van der Waals surface area contributed by atoms with E-state index in [9.17, 15) is 15.0 Å². The van der Waals surface area contributed by atoms with Crippen molar-refractivity contribution in [2.45, 2.75) is 128 Å². The number of nitrogens with zero attached hydrogens (tertiary/aromatic N) is 2. The summed E-state index contributed by atoms with van der Waals surface area (Å²) in [6, 6.07) is 0.665. The number of esters is 1. The van der Waals surface area contributed by atoms with Crippen molar-refractivity contribution in [3.05, 3.63) is 0 Å². The van der Waals surface area contributed by atoms with E-state index in [-0.39, 0.29) is 41.2 Å². The summed E-state index contributed by atoms with van der Waals surface area (Å²) in [6.45, 7) is 11.0. The Balaban J connectivity index is 1.27. The molecule has 0 radical (unpaired) electrons. The number of likely N-dealkylation sites (tertiary alicyclic amines) is 2. The molecule has 6 fully saturated rings. The van der Waals surface area contributed by atoms with Gasteiger partial charge in [-0.2, -0.15) is 0 Å². The molecule has 0 amide bonds.